The molecule has 0 unspecified atom stereocenters. The standard InChI is InChI=1S/C13H16N4O4/c18-12-9-21-10-3-4-11(17(19)20)14-13(10)16(12)8-7-15-5-1-2-6-15/h3-4H,1-2,5-9H2. The smallest absolute Gasteiger partial charge is 0.366 e. The lowest BCUT2D eigenvalue weighted by Crippen LogP contribution is -2.43. The summed E-state index contributed by atoms with van der Waals surface area (Å²) in [5, 5.41) is 10.8. The number of nitrogens with zero attached hydrogens (tertiary/aromatic N) is 4. The average molecular weight is 292 g/mol. The summed E-state index contributed by atoms with van der Waals surface area (Å²) in [7, 11) is 0. The average Bonchev–Trinajstić information content (AvgIpc) is 2.99. The molecule has 21 heavy (non-hydrogen) atoms. The van der Waals surface area contributed by atoms with Gasteiger partial charge < -0.3 is 19.8 Å². The van der Waals surface area contributed by atoms with Crippen LogP contribution >= 0.6 is 0 Å². The molecule has 1 aromatic rings. The number of hydrogen-bond donors (Lipinski definition) is 0. The van der Waals surface area contributed by atoms with Crippen molar-refractivity contribution in [1.82, 2.24) is 9.88 Å². The number of carbonyl (C=O) groups excluding carboxylic acids is 1. The van der Waals surface area contributed by atoms with Crippen molar-refractivity contribution in [1.29, 1.82) is 0 Å². The maximum Gasteiger partial charge on any atom is 0.366 e. The summed E-state index contributed by atoms with van der Waals surface area (Å²) in [4.78, 5) is 30.0. The lowest BCUT2D eigenvalue weighted by Gasteiger charge is -2.27. The first kappa shape index (κ1) is 13.7. The lowest BCUT2D eigenvalue weighted by atomic mass is 10.3. The van der Waals surface area contributed by atoms with E-state index in [0.29, 0.717) is 12.3 Å². The van der Waals surface area contributed by atoms with E-state index < -0.39 is 4.92 Å². The Labute approximate surface area is 121 Å². The molecule has 0 saturated carbocycles. The minimum absolute atomic E-state index is 0.0491. The van der Waals surface area contributed by atoms with Crippen molar-refractivity contribution in [3.8, 4) is 5.75 Å². The summed E-state index contributed by atoms with van der Waals surface area (Å²) in [6.45, 7) is 3.24. The molecule has 0 atom stereocenters. The van der Waals surface area contributed by atoms with Crippen LogP contribution in [-0.4, -0.2) is 53.5 Å². The number of carbonyl (C=O) groups is 1. The molecule has 1 aromatic heterocycles. The van der Waals surface area contributed by atoms with E-state index in [9.17, 15) is 14.9 Å². The number of fused-ring (bicyclic) bond motifs is 1. The highest BCUT2D eigenvalue weighted by Gasteiger charge is 2.32. The second kappa shape index (κ2) is 5.65. The minimum atomic E-state index is -0.571. The number of aromatic nitrogens is 1. The summed E-state index contributed by atoms with van der Waals surface area (Å²) in [6, 6.07) is 2.78. The van der Waals surface area contributed by atoms with Crippen LogP contribution in [0.3, 0.4) is 0 Å². The molecule has 0 aliphatic carbocycles. The molecule has 2 aliphatic heterocycles. The van der Waals surface area contributed by atoms with Crippen molar-refractivity contribution in [2.45, 2.75) is 12.8 Å². The maximum absolute atomic E-state index is 12.0. The van der Waals surface area contributed by atoms with Gasteiger partial charge in [-0.2, -0.15) is 0 Å². The Morgan fingerprint density at radius 1 is 1.29 bits per heavy atom. The van der Waals surface area contributed by atoms with Crippen LogP contribution in [0, 0.1) is 10.1 Å². The molecule has 0 aromatic carbocycles. The fraction of sp³-hybridized carbons (Fsp3) is 0.538. The fourth-order valence-corrected chi connectivity index (χ4v) is 2.65. The molecular formula is C13H16N4O4. The number of amides is 1. The van der Waals surface area contributed by atoms with Crippen molar-refractivity contribution in [3.63, 3.8) is 0 Å². The number of ether oxygens (including phenoxy) is 1. The molecular weight excluding hydrogens is 276 g/mol. The SMILES string of the molecule is O=C1COc2ccc([N+](=O)[O-])nc2N1CCN1CCCC1. The summed E-state index contributed by atoms with van der Waals surface area (Å²) < 4.78 is 5.28. The molecule has 1 fully saturated rings. The Morgan fingerprint density at radius 2 is 2.05 bits per heavy atom. The zero-order valence-corrected chi connectivity index (χ0v) is 11.5. The van der Waals surface area contributed by atoms with E-state index in [4.69, 9.17) is 4.74 Å². The molecule has 0 spiro atoms. The van der Waals surface area contributed by atoms with Gasteiger partial charge in [-0.15, -0.1) is 0 Å². The van der Waals surface area contributed by atoms with Gasteiger partial charge >= 0.3 is 5.82 Å². The van der Waals surface area contributed by atoms with Crippen LogP contribution in [0.5, 0.6) is 5.75 Å². The first-order chi connectivity index (χ1) is 10.1. The monoisotopic (exact) mass is 292 g/mol. The van der Waals surface area contributed by atoms with Gasteiger partial charge in [-0.25, -0.2) is 0 Å². The molecule has 1 amide bonds. The van der Waals surface area contributed by atoms with Crippen LogP contribution in [0.2, 0.25) is 0 Å². The van der Waals surface area contributed by atoms with Crippen molar-refractivity contribution >= 4 is 17.5 Å². The third-order valence-corrected chi connectivity index (χ3v) is 3.76. The number of hydrogen-bond acceptors (Lipinski definition) is 6. The van der Waals surface area contributed by atoms with Gasteiger partial charge in [0.25, 0.3) is 11.7 Å². The van der Waals surface area contributed by atoms with E-state index in [0.717, 1.165) is 19.6 Å². The van der Waals surface area contributed by atoms with Gasteiger partial charge in [-0.1, -0.05) is 0 Å². The molecule has 0 radical (unpaired) electrons. The highest BCUT2D eigenvalue weighted by molar-refractivity contribution is 5.96. The normalized spacial score (nSPS) is 18.5. The van der Waals surface area contributed by atoms with Gasteiger partial charge in [0.15, 0.2) is 12.4 Å². The first-order valence-electron chi connectivity index (χ1n) is 6.96. The van der Waals surface area contributed by atoms with Gasteiger partial charge in [0.1, 0.15) is 0 Å². The fourth-order valence-electron chi connectivity index (χ4n) is 2.65. The third kappa shape index (κ3) is 2.80. The highest BCUT2D eigenvalue weighted by atomic mass is 16.6. The van der Waals surface area contributed by atoms with Crippen molar-refractivity contribution in [3.05, 3.63) is 22.2 Å². The molecule has 3 heterocycles. The van der Waals surface area contributed by atoms with Crippen LogP contribution < -0.4 is 9.64 Å². The molecule has 8 heteroatoms. The topological polar surface area (TPSA) is 88.8 Å². The van der Waals surface area contributed by atoms with Gasteiger partial charge in [-0.3, -0.25) is 9.69 Å². The second-order valence-corrected chi connectivity index (χ2v) is 5.13. The molecule has 0 bridgehead atoms. The molecule has 1 saturated heterocycles. The van der Waals surface area contributed by atoms with Crippen molar-refractivity contribution in [2.75, 3.05) is 37.7 Å². The summed E-state index contributed by atoms with van der Waals surface area (Å²) in [5.41, 5.74) is 0. The summed E-state index contributed by atoms with van der Waals surface area (Å²) in [5.74, 6) is 0.175. The van der Waals surface area contributed by atoms with Crippen LogP contribution in [-0.2, 0) is 4.79 Å². The minimum Gasteiger partial charge on any atom is -0.477 e. The zero-order valence-electron chi connectivity index (χ0n) is 11.5. The number of pyridine rings is 1. The Morgan fingerprint density at radius 3 is 2.76 bits per heavy atom. The second-order valence-electron chi connectivity index (χ2n) is 5.13. The van der Waals surface area contributed by atoms with Crippen LogP contribution in [0.25, 0.3) is 0 Å². The van der Waals surface area contributed by atoms with Crippen LogP contribution in [0.4, 0.5) is 11.6 Å². The van der Waals surface area contributed by atoms with E-state index in [1.54, 1.807) is 0 Å². The van der Waals surface area contributed by atoms with Crippen LogP contribution in [0.1, 0.15) is 12.8 Å². The molecule has 2 aliphatic rings. The Balaban J connectivity index is 1.81. The first-order valence-corrected chi connectivity index (χ1v) is 6.96. The quantitative estimate of drug-likeness (QED) is 0.602. The Bertz CT molecular complexity index is 571. The highest BCUT2D eigenvalue weighted by Crippen LogP contribution is 2.31. The van der Waals surface area contributed by atoms with Crippen LogP contribution in [0.15, 0.2) is 12.1 Å². The summed E-state index contributed by atoms with van der Waals surface area (Å²) in [6.07, 6.45) is 2.36. The van der Waals surface area contributed by atoms with Gasteiger partial charge in [0, 0.05) is 19.2 Å². The largest absolute Gasteiger partial charge is 0.477 e. The number of nitro groups is 1. The predicted molar refractivity (Wildman–Crippen MR) is 74.4 cm³/mol. The number of likely N-dealkylation sites (tertiary alicyclic amines) is 1. The van der Waals surface area contributed by atoms with Gasteiger partial charge in [0.05, 0.1) is 0 Å². The molecule has 0 N–H and O–H groups in total. The van der Waals surface area contributed by atoms with E-state index in [-0.39, 0.29) is 24.1 Å². The van der Waals surface area contributed by atoms with E-state index in [2.05, 4.69) is 9.88 Å². The van der Waals surface area contributed by atoms with Gasteiger partial charge in [-0.05, 0) is 41.9 Å². The van der Waals surface area contributed by atoms with E-state index in [1.807, 2.05) is 0 Å². The maximum atomic E-state index is 12.0. The summed E-state index contributed by atoms with van der Waals surface area (Å²) >= 11 is 0. The van der Waals surface area contributed by atoms with Crippen molar-refractivity contribution in [2.24, 2.45) is 0 Å². The third-order valence-electron chi connectivity index (χ3n) is 3.76. The number of anilines is 1. The zero-order chi connectivity index (χ0) is 14.8. The predicted octanol–water partition coefficient (Wildman–Crippen LogP) is 0.811. The van der Waals surface area contributed by atoms with E-state index >= 15 is 0 Å². The molecule has 8 nitrogen and oxygen atoms in total. The Kier molecular flexibility index (Phi) is 3.70. The van der Waals surface area contributed by atoms with E-state index in [1.165, 1.54) is 29.9 Å². The molecule has 3 rings (SSSR count). The number of rotatable bonds is 4. The molecule has 112 valence electrons. The lowest BCUT2D eigenvalue weighted by molar-refractivity contribution is -0.389. The van der Waals surface area contributed by atoms with Gasteiger partial charge in [0.2, 0.25) is 0 Å². The Hall–Kier alpha value is -2.22. The van der Waals surface area contributed by atoms with Crippen molar-refractivity contribution < 1.29 is 14.5 Å².